The van der Waals surface area contributed by atoms with Crippen molar-refractivity contribution in [1.29, 1.82) is 0 Å². The van der Waals surface area contributed by atoms with Gasteiger partial charge in [-0.3, -0.25) is 4.79 Å². The van der Waals surface area contributed by atoms with E-state index in [2.05, 4.69) is 5.32 Å². The first-order valence-corrected chi connectivity index (χ1v) is 7.80. The number of amides is 1. The molecule has 22 heavy (non-hydrogen) atoms. The summed E-state index contributed by atoms with van der Waals surface area (Å²) in [5, 5.41) is 3.68. The summed E-state index contributed by atoms with van der Waals surface area (Å²) in [6, 6.07) is 7.58. The van der Waals surface area contributed by atoms with E-state index in [4.69, 9.17) is 23.2 Å². The minimum absolute atomic E-state index is 0.0865. The van der Waals surface area contributed by atoms with Crippen LogP contribution in [0.25, 0.3) is 0 Å². The normalized spacial score (nSPS) is 10.6. The molecule has 0 saturated carbocycles. The smallest absolute Gasteiger partial charge is 0.258 e. The van der Waals surface area contributed by atoms with Gasteiger partial charge in [0, 0.05) is 15.7 Å². The number of hydrogen-bond donors (Lipinski definition) is 1. The topological polar surface area (TPSA) is 29.1 Å². The third-order valence-electron chi connectivity index (χ3n) is 3.49. The van der Waals surface area contributed by atoms with Gasteiger partial charge in [0.25, 0.3) is 5.91 Å². The lowest BCUT2D eigenvalue weighted by atomic mass is 10.0. The zero-order valence-corrected chi connectivity index (χ0v) is 13.9. The average molecular weight is 340 g/mol. The van der Waals surface area contributed by atoms with Crippen molar-refractivity contribution in [3.63, 3.8) is 0 Å². The lowest BCUT2D eigenvalue weighted by molar-refractivity contribution is 0.102. The molecule has 0 aromatic heterocycles. The molecule has 0 heterocycles. The maximum atomic E-state index is 13.8. The summed E-state index contributed by atoms with van der Waals surface area (Å²) in [6.45, 7) is 3.94. The fourth-order valence-electron chi connectivity index (χ4n) is 2.32. The summed E-state index contributed by atoms with van der Waals surface area (Å²) in [5.41, 5.74) is 2.37. The van der Waals surface area contributed by atoms with Crippen LogP contribution in [0.1, 0.15) is 35.3 Å². The molecule has 2 rings (SSSR count). The molecule has 116 valence electrons. The predicted molar refractivity (Wildman–Crippen MR) is 89.6 cm³/mol. The Kier molecular flexibility index (Phi) is 5.43. The largest absolute Gasteiger partial charge is 0.321 e. The predicted octanol–water partition coefficient (Wildman–Crippen LogP) is 5.51. The second kappa shape index (κ2) is 7.12. The van der Waals surface area contributed by atoms with Gasteiger partial charge in [0.2, 0.25) is 0 Å². The molecule has 2 nitrogen and oxygen atoms in total. The molecule has 0 unspecified atom stereocenters. The second-order valence-electron chi connectivity index (χ2n) is 4.85. The Bertz CT molecular complexity index is 716. The number of anilines is 1. The fourth-order valence-corrected chi connectivity index (χ4v) is 2.78. The molecule has 0 aliphatic heterocycles. The zero-order valence-electron chi connectivity index (χ0n) is 12.3. The van der Waals surface area contributed by atoms with Crippen LogP contribution < -0.4 is 5.32 Å². The second-order valence-corrected chi connectivity index (χ2v) is 5.69. The van der Waals surface area contributed by atoms with Gasteiger partial charge >= 0.3 is 0 Å². The number of benzene rings is 2. The first-order valence-electron chi connectivity index (χ1n) is 7.04. The standard InChI is InChI=1S/C17H16Cl2FNO/c1-3-10-5-7-14(19)12(4-2)16(10)21-17(22)13-9-11(18)6-8-15(13)20/h5-9H,3-4H2,1-2H3,(H,21,22). The number of carbonyl (C=O) groups excluding carboxylic acids is 1. The molecule has 0 bridgehead atoms. The van der Waals surface area contributed by atoms with Crippen LogP contribution in [0, 0.1) is 5.82 Å². The SMILES string of the molecule is CCc1ccc(Cl)c(CC)c1NC(=O)c1cc(Cl)ccc1F. The van der Waals surface area contributed by atoms with Gasteiger partial charge < -0.3 is 5.32 Å². The van der Waals surface area contributed by atoms with E-state index >= 15 is 0 Å². The van der Waals surface area contributed by atoms with Gasteiger partial charge in [-0.25, -0.2) is 4.39 Å². The van der Waals surface area contributed by atoms with Gasteiger partial charge in [-0.2, -0.15) is 0 Å². The number of halogens is 3. The Balaban J connectivity index is 2.44. The molecule has 0 aliphatic rings. The quantitative estimate of drug-likeness (QED) is 0.781. The summed E-state index contributed by atoms with van der Waals surface area (Å²) in [4.78, 5) is 12.4. The fraction of sp³-hybridized carbons (Fsp3) is 0.235. The Morgan fingerprint density at radius 1 is 1.14 bits per heavy atom. The minimum Gasteiger partial charge on any atom is -0.321 e. The number of aryl methyl sites for hydroxylation is 1. The number of carbonyl (C=O) groups is 1. The third kappa shape index (κ3) is 3.42. The first-order chi connectivity index (χ1) is 10.5. The van der Waals surface area contributed by atoms with Crippen LogP contribution in [-0.2, 0) is 12.8 Å². The van der Waals surface area contributed by atoms with Crippen molar-refractivity contribution in [1.82, 2.24) is 0 Å². The molecule has 1 N–H and O–H groups in total. The molecule has 1 amide bonds. The van der Waals surface area contributed by atoms with Crippen LogP contribution in [-0.4, -0.2) is 5.91 Å². The van der Waals surface area contributed by atoms with Crippen LogP contribution in [0.3, 0.4) is 0 Å². The molecule has 2 aromatic carbocycles. The van der Waals surface area contributed by atoms with E-state index in [0.717, 1.165) is 17.5 Å². The summed E-state index contributed by atoms with van der Waals surface area (Å²) in [6.07, 6.45) is 1.40. The summed E-state index contributed by atoms with van der Waals surface area (Å²) in [5.74, 6) is -1.15. The summed E-state index contributed by atoms with van der Waals surface area (Å²) < 4.78 is 13.8. The third-order valence-corrected chi connectivity index (χ3v) is 4.08. The van der Waals surface area contributed by atoms with Crippen LogP contribution in [0.15, 0.2) is 30.3 Å². The van der Waals surface area contributed by atoms with Crippen LogP contribution >= 0.6 is 23.2 Å². The van der Waals surface area contributed by atoms with Gasteiger partial charge in [-0.1, -0.05) is 43.1 Å². The van der Waals surface area contributed by atoms with Gasteiger partial charge in [0.15, 0.2) is 0 Å². The lowest BCUT2D eigenvalue weighted by Gasteiger charge is -2.16. The van der Waals surface area contributed by atoms with E-state index in [0.29, 0.717) is 22.2 Å². The average Bonchev–Trinajstić information content (AvgIpc) is 2.50. The molecular formula is C17H16Cl2FNO. The molecule has 0 atom stereocenters. The molecule has 0 radical (unpaired) electrons. The molecule has 0 aliphatic carbocycles. The summed E-state index contributed by atoms with van der Waals surface area (Å²) >= 11 is 12.0. The van der Waals surface area contributed by atoms with Gasteiger partial charge in [-0.05, 0) is 48.2 Å². The highest BCUT2D eigenvalue weighted by molar-refractivity contribution is 6.32. The zero-order chi connectivity index (χ0) is 16.3. The highest BCUT2D eigenvalue weighted by Crippen LogP contribution is 2.30. The van der Waals surface area contributed by atoms with Gasteiger partial charge in [0.05, 0.1) is 5.56 Å². The minimum atomic E-state index is -0.611. The highest BCUT2D eigenvalue weighted by atomic mass is 35.5. The van der Waals surface area contributed by atoms with Crippen molar-refractivity contribution in [2.45, 2.75) is 26.7 Å². The monoisotopic (exact) mass is 339 g/mol. The number of hydrogen-bond acceptors (Lipinski definition) is 1. The first kappa shape index (κ1) is 16.8. The van der Waals surface area contributed by atoms with E-state index in [1.807, 2.05) is 26.0 Å². The van der Waals surface area contributed by atoms with Crippen molar-refractivity contribution in [2.75, 3.05) is 5.32 Å². The van der Waals surface area contributed by atoms with Crippen LogP contribution in [0.5, 0.6) is 0 Å². The molecule has 5 heteroatoms. The molecule has 2 aromatic rings. The van der Waals surface area contributed by atoms with E-state index in [1.54, 1.807) is 0 Å². The van der Waals surface area contributed by atoms with Crippen molar-refractivity contribution in [2.24, 2.45) is 0 Å². The number of nitrogens with one attached hydrogen (secondary N) is 1. The Labute approximate surface area is 139 Å². The van der Waals surface area contributed by atoms with Crippen molar-refractivity contribution >= 4 is 34.8 Å². The maximum Gasteiger partial charge on any atom is 0.258 e. The van der Waals surface area contributed by atoms with Crippen LogP contribution in [0.4, 0.5) is 10.1 Å². The van der Waals surface area contributed by atoms with Crippen molar-refractivity contribution in [3.05, 3.63) is 62.9 Å². The van der Waals surface area contributed by atoms with Gasteiger partial charge in [-0.15, -0.1) is 0 Å². The Hall–Kier alpha value is -1.58. The maximum absolute atomic E-state index is 13.8. The molecular weight excluding hydrogens is 324 g/mol. The Morgan fingerprint density at radius 2 is 1.86 bits per heavy atom. The van der Waals surface area contributed by atoms with E-state index in [1.165, 1.54) is 18.2 Å². The molecule has 0 spiro atoms. The van der Waals surface area contributed by atoms with E-state index in [9.17, 15) is 9.18 Å². The van der Waals surface area contributed by atoms with E-state index in [-0.39, 0.29) is 5.56 Å². The van der Waals surface area contributed by atoms with Crippen molar-refractivity contribution < 1.29 is 9.18 Å². The molecule has 0 fully saturated rings. The van der Waals surface area contributed by atoms with Crippen LogP contribution in [0.2, 0.25) is 10.0 Å². The highest BCUT2D eigenvalue weighted by Gasteiger charge is 2.17. The molecule has 0 saturated heterocycles. The van der Waals surface area contributed by atoms with Crippen molar-refractivity contribution in [3.8, 4) is 0 Å². The van der Waals surface area contributed by atoms with E-state index < -0.39 is 11.7 Å². The summed E-state index contributed by atoms with van der Waals surface area (Å²) in [7, 11) is 0. The van der Waals surface area contributed by atoms with Gasteiger partial charge in [0.1, 0.15) is 5.82 Å². The lowest BCUT2D eigenvalue weighted by Crippen LogP contribution is -2.16. The number of rotatable bonds is 4. The Morgan fingerprint density at radius 3 is 2.50 bits per heavy atom.